The van der Waals surface area contributed by atoms with Crippen LogP contribution < -0.4 is 0 Å². The van der Waals surface area contributed by atoms with Crippen LogP contribution in [0.25, 0.3) is 0 Å². The van der Waals surface area contributed by atoms with Crippen LogP contribution in [0.15, 0.2) is 12.1 Å². The summed E-state index contributed by atoms with van der Waals surface area (Å²) in [5.41, 5.74) is 1.87. The van der Waals surface area contributed by atoms with E-state index in [9.17, 15) is 14.7 Å². The molecule has 0 aliphatic heterocycles. The average molecular weight is 262 g/mol. The molecule has 0 heterocycles. The van der Waals surface area contributed by atoms with Gasteiger partial charge in [0, 0.05) is 23.5 Å². The number of carbonyl (C=O) groups is 2. The summed E-state index contributed by atoms with van der Waals surface area (Å²) < 4.78 is 0. The summed E-state index contributed by atoms with van der Waals surface area (Å²) in [4.78, 5) is 22.7. The van der Waals surface area contributed by atoms with Crippen molar-refractivity contribution < 1.29 is 19.8 Å². The molecule has 1 aliphatic carbocycles. The summed E-state index contributed by atoms with van der Waals surface area (Å²) in [6.45, 7) is 3.90. The number of carbonyl (C=O) groups excluding carboxylic acids is 1. The highest BCUT2D eigenvalue weighted by atomic mass is 16.4. The topological polar surface area (TPSA) is 74.6 Å². The number of phenols is 1. The van der Waals surface area contributed by atoms with Crippen molar-refractivity contribution in [2.24, 2.45) is 11.8 Å². The maximum absolute atomic E-state index is 12.2. The van der Waals surface area contributed by atoms with Gasteiger partial charge in [-0.15, -0.1) is 0 Å². The number of aliphatic carboxylic acids is 1. The van der Waals surface area contributed by atoms with E-state index >= 15 is 0 Å². The lowest BCUT2D eigenvalue weighted by atomic mass is 9.76. The van der Waals surface area contributed by atoms with E-state index in [-0.39, 0.29) is 36.2 Å². The number of carboxylic acids is 1. The number of Topliss-reactive ketones (excluding diaryl/α,β-unsaturated/α-hetero) is 1. The normalized spacial score (nSPS) is 22.1. The zero-order valence-corrected chi connectivity index (χ0v) is 11.1. The van der Waals surface area contributed by atoms with Crippen molar-refractivity contribution in [3.8, 4) is 5.75 Å². The van der Waals surface area contributed by atoms with E-state index in [1.165, 1.54) is 0 Å². The Morgan fingerprint density at radius 3 is 2.68 bits per heavy atom. The van der Waals surface area contributed by atoms with E-state index in [0.717, 1.165) is 0 Å². The molecule has 1 aromatic rings. The van der Waals surface area contributed by atoms with Gasteiger partial charge in [-0.25, -0.2) is 0 Å². The minimum absolute atomic E-state index is 0.0216. The lowest BCUT2D eigenvalue weighted by molar-refractivity contribution is -0.136. The Balaban J connectivity index is 2.37. The summed E-state index contributed by atoms with van der Waals surface area (Å²) in [6.07, 6.45) is 0.924. The molecule has 0 bridgehead atoms. The minimum Gasteiger partial charge on any atom is -0.507 e. The SMILES string of the molecule is CC1Cc2c(ccc(CCC(=O)O)c2O)C(=O)C1C. The van der Waals surface area contributed by atoms with Gasteiger partial charge in [0.1, 0.15) is 5.75 Å². The van der Waals surface area contributed by atoms with Crippen LogP contribution >= 0.6 is 0 Å². The number of fused-ring (bicyclic) bond motifs is 1. The van der Waals surface area contributed by atoms with Gasteiger partial charge in [0.2, 0.25) is 0 Å². The number of aromatic hydroxyl groups is 1. The van der Waals surface area contributed by atoms with Crippen LogP contribution in [0.2, 0.25) is 0 Å². The molecule has 2 atom stereocenters. The van der Waals surface area contributed by atoms with E-state index in [0.29, 0.717) is 23.1 Å². The molecular formula is C15H18O4. The third-order valence-electron chi connectivity index (χ3n) is 4.03. The third kappa shape index (κ3) is 2.48. The summed E-state index contributed by atoms with van der Waals surface area (Å²) in [5, 5.41) is 18.9. The van der Waals surface area contributed by atoms with E-state index in [2.05, 4.69) is 0 Å². The molecular weight excluding hydrogens is 244 g/mol. The zero-order valence-electron chi connectivity index (χ0n) is 11.1. The van der Waals surface area contributed by atoms with Crippen molar-refractivity contribution in [2.45, 2.75) is 33.1 Å². The largest absolute Gasteiger partial charge is 0.507 e. The van der Waals surface area contributed by atoms with E-state index in [1.807, 2.05) is 13.8 Å². The number of hydrogen-bond donors (Lipinski definition) is 2. The molecule has 4 heteroatoms. The smallest absolute Gasteiger partial charge is 0.303 e. The Hall–Kier alpha value is -1.84. The van der Waals surface area contributed by atoms with E-state index in [4.69, 9.17) is 5.11 Å². The molecule has 2 unspecified atom stereocenters. The molecule has 102 valence electrons. The first-order valence-corrected chi connectivity index (χ1v) is 6.51. The van der Waals surface area contributed by atoms with Crippen molar-refractivity contribution in [3.05, 3.63) is 28.8 Å². The first-order valence-electron chi connectivity index (χ1n) is 6.51. The Labute approximate surface area is 112 Å². The second kappa shape index (κ2) is 5.03. The number of rotatable bonds is 3. The molecule has 2 N–H and O–H groups in total. The standard InChI is InChI=1S/C15H18O4/c1-8-7-12-11(14(18)9(8)2)5-3-10(15(12)19)4-6-13(16)17/h3,5,8-9,19H,4,6-7H2,1-2H3,(H,16,17). The van der Waals surface area contributed by atoms with Crippen LogP contribution in [0.1, 0.15) is 41.8 Å². The number of ketones is 1. The second-order valence-corrected chi connectivity index (χ2v) is 5.33. The Morgan fingerprint density at radius 2 is 2.05 bits per heavy atom. The van der Waals surface area contributed by atoms with Gasteiger partial charge in [0.05, 0.1) is 0 Å². The molecule has 2 rings (SSSR count). The monoisotopic (exact) mass is 262 g/mol. The molecule has 1 aliphatic rings. The fourth-order valence-corrected chi connectivity index (χ4v) is 2.57. The number of benzene rings is 1. The van der Waals surface area contributed by atoms with Crippen LogP contribution in [-0.4, -0.2) is 22.0 Å². The first kappa shape index (κ1) is 13.6. The fourth-order valence-electron chi connectivity index (χ4n) is 2.57. The first-order chi connectivity index (χ1) is 8.91. The fraction of sp³-hybridized carbons (Fsp3) is 0.467. The summed E-state index contributed by atoms with van der Waals surface area (Å²) >= 11 is 0. The van der Waals surface area contributed by atoms with Crippen molar-refractivity contribution >= 4 is 11.8 Å². The molecule has 1 aromatic carbocycles. The van der Waals surface area contributed by atoms with Crippen LogP contribution in [0.5, 0.6) is 5.75 Å². The maximum Gasteiger partial charge on any atom is 0.303 e. The predicted molar refractivity (Wildman–Crippen MR) is 70.4 cm³/mol. The van der Waals surface area contributed by atoms with Crippen molar-refractivity contribution in [1.29, 1.82) is 0 Å². The third-order valence-corrected chi connectivity index (χ3v) is 4.03. The van der Waals surface area contributed by atoms with Crippen molar-refractivity contribution in [1.82, 2.24) is 0 Å². The molecule has 19 heavy (non-hydrogen) atoms. The van der Waals surface area contributed by atoms with Crippen molar-refractivity contribution in [2.75, 3.05) is 0 Å². The van der Waals surface area contributed by atoms with Gasteiger partial charge in [0.15, 0.2) is 5.78 Å². The van der Waals surface area contributed by atoms with Crippen LogP contribution in [-0.2, 0) is 17.6 Å². The summed E-state index contributed by atoms with van der Waals surface area (Å²) in [6, 6.07) is 3.38. The van der Waals surface area contributed by atoms with Gasteiger partial charge in [-0.3, -0.25) is 9.59 Å². The molecule has 0 aromatic heterocycles. The highest BCUT2D eigenvalue weighted by Gasteiger charge is 2.31. The highest BCUT2D eigenvalue weighted by molar-refractivity contribution is 6.01. The van der Waals surface area contributed by atoms with Crippen LogP contribution in [0, 0.1) is 11.8 Å². The molecule has 0 fully saturated rings. The van der Waals surface area contributed by atoms with E-state index in [1.54, 1.807) is 12.1 Å². The Morgan fingerprint density at radius 1 is 1.37 bits per heavy atom. The highest BCUT2D eigenvalue weighted by Crippen LogP contribution is 2.36. The molecule has 0 saturated carbocycles. The number of phenolic OH excluding ortho intramolecular Hbond substituents is 1. The zero-order chi connectivity index (χ0) is 14.2. The minimum atomic E-state index is -0.893. The van der Waals surface area contributed by atoms with Gasteiger partial charge >= 0.3 is 5.97 Å². The maximum atomic E-state index is 12.2. The number of hydrogen-bond acceptors (Lipinski definition) is 3. The summed E-state index contributed by atoms with van der Waals surface area (Å²) in [7, 11) is 0. The quantitative estimate of drug-likeness (QED) is 0.877. The van der Waals surface area contributed by atoms with Crippen LogP contribution in [0.4, 0.5) is 0 Å². The van der Waals surface area contributed by atoms with Crippen molar-refractivity contribution in [3.63, 3.8) is 0 Å². The van der Waals surface area contributed by atoms with Gasteiger partial charge in [-0.1, -0.05) is 26.0 Å². The number of carboxylic acid groups (broad SMARTS) is 1. The van der Waals surface area contributed by atoms with Gasteiger partial charge in [-0.05, 0) is 24.3 Å². The molecule has 0 spiro atoms. The van der Waals surface area contributed by atoms with Gasteiger partial charge in [0.25, 0.3) is 0 Å². The Bertz CT molecular complexity index is 533. The lowest BCUT2D eigenvalue weighted by Gasteiger charge is -2.28. The second-order valence-electron chi connectivity index (χ2n) is 5.33. The average Bonchev–Trinajstić information content (AvgIpc) is 2.36. The summed E-state index contributed by atoms with van der Waals surface area (Å²) in [5.74, 6) is -0.563. The molecule has 0 radical (unpaired) electrons. The van der Waals surface area contributed by atoms with Crippen LogP contribution in [0.3, 0.4) is 0 Å². The van der Waals surface area contributed by atoms with Gasteiger partial charge in [-0.2, -0.15) is 0 Å². The predicted octanol–water partition coefficient (Wildman–Crippen LogP) is 2.42. The number of aryl methyl sites for hydroxylation is 1. The molecule has 0 saturated heterocycles. The lowest BCUT2D eigenvalue weighted by Crippen LogP contribution is -2.27. The molecule has 0 amide bonds. The van der Waals surface area contributed by atoms with E-state index < -0.39 is 5.97 Å². The molecule has 4 nitrogen and oxygen atoms in total. The van der Waals surface area contributed by atoms with Gasteiger partial charge < -0.3 is 10.2 Å². The Kier molecular flexibility index (Phi) is 3.60.